The third-order valence-corrected chi connectivity index (χ3v) is 5.88. The predicted octanol–water partition coefficient (Wildman–Crippen LogP) is 3.76. The fraction of sp³-hybridized carbons (Fsp3) is 1.00. The van der Waals surface area contributed by atoms with Gasteiger partial charge in [0, 0.05) is 12.6 Å². The number of hydrogen-bond donors (Lipinski definition) is 0. The molecule has 20 heavy (non-hydrogen) atoms. The Morgan fingerprint density at radius 2 is 1.45 bits per heavy atom. The fourth-order valence-electron chi connectivity index (χ4n) is 5.54. The van der Waals surface area contributed by atoms with E-state index < -0.39 is 0 Å². The molecule has 0 aromatic carbocycles. The van der Waals surface area contributed by atoms with Crippen molar-refractivity contribution in [3.8, 4) is 0 Å². The molecule has 0 aromatic rings. The molecule has 3 aliphatic rings. The van der Waals surface area contributed by atoms with Gasteiger partial charge in [0.1, 0.15) is 0 Å². The molecule has 2 nitrogen and oxygen atoms in total. The van der Waals surface area contributed by atoms with Crippen molar-refractivity contribution in [3.63, 3.8) is 0 Å². The third-order valence-electron chi connectivity index (χ3n) is 5.88. The molecule has 2 heterocycles. The normalized spacial score (nSPS) is 39.5. The van der Waals surface area contributed by atoms with Crippen LogP contribution in [0, 0.1) is 10.8 Å². The molecule has 0 aromatic heterocycles. The molecule has 0 amide bonds. The Kier molecular flexibility index (Phi) is 4.16. The smallest absolute Gasteiger partial charge is 0.0106 e. The Labute approximate surface area is 125 Å². The zero-order valence-electron chi connectivity index (χ0n) is 14.0. The molecule has 3 rings (SSSR count). The molecule has 0 radical (unpaired) electrons. The topological polar surface area (TPSA) is 6.48 Å². The van der Waals surface area contributed by atoms with E-state index in [1.807, 2.05) is 0 Å². The summed E-state index contributed by atoms with van der Waals surface area (Å²) in [4.78, 5) is 5.55. The molecular formula is C18H34N2. The number of likely N-dealkylation sites (tertiary alicyclic amines) is 2. The standard InChI is InChI=1S/C18H34N2/c1-17(2)12-16(20-10-6-7-11-20)13-18(3,14-17)15-19-8-4-5-9-19/h16H,4-15H2,1-3H3. The van der Waals surface area contributed by atoms with Gasteiger partial charge in [-0.3, -0.25) is 0 Å². The molecule has 2 heteroatoms. The van der Waals surface area contributed by atoms with Crippen LogP contribution < -0.4 is 0 Å². The van der Waals surface area contributed by atoms with Crippen LogP contribution in [0.2, 0.25) is 0 Å². The van der Waals surface area contributed by atoms with Gasteiger partial charge in [0.25, 0.3) is 0 Å². The summed E-state index contributed by atoms with van der Waals surface area (Å²) >= 11 is 0. The van der Waals surface area contributed by atoms with Gasteiger partial charge in [-0.2, -0.15) is 0 Å². The Morgan fingerprint density at radius 1 is 0.850 bits per heavy atom. The van der Waals surface area contributed by atoms with E-state index in [9.17, 15) is 0 Å². The second-order valence-corrected chi connectivity index (χ2v) is 8.94. The quantitative estimate of drug-likeness (QED) is 0.775. The van der Waals surface area contributed by atoms with Crippen LogP contribution in [0.4, 0.5) is 0 Å². The van der Waals surface area contributed by atoms with Crippen molar-refractivity contribution in [1.29, 1.82) is 0 Å². The lowest BCUT2D eigenvalue weighted by Crippen LogP contribution is -2.49. The molecule has 1 saturated carbocycles. The highest BCUT2D eigenvalue weighted by Gasteiger charge is 2.44. The van der Waals surface area contributed by atoms with Gasteiger partial charge in [-0.25, -0.2) is 0 Å². The number of rotatable bonds is 3. The summed E-state index contributed by atoms with van der Waals surface area (Å²) in [5.41, 5.74) is 1.07. The van der Waals surface area contributed by atoms with E-state index >= 15 is 0 Å². The van der Waals surface area contributed by atoms with Crippen LogP contribution in [-0.2, 0) is 0 Å². The lowest BCUT2D eigenvalue weighted by molar-refractivity contribution is 0.00651. The van der Waals surface area contributed by atoms with Gasteiger partial charge in [0.2, 0.25) is 0 Å². The van der Waals surface area contributed by atoms with Gasteiger partial charge in [0.15, 0.2) is 0 Å². The minimum atomic E-state index is 0.528. The van der Waals surface area contributed by atoms with Crippen molar-refractivity contribution < 1.29 is 0 Å². The SMILES string of the molecule is CC1(C)CC(N2CCCC2)CC(C)(CN2CCCC2)C1. The monoisotopic (exact) mass is 278 g/mol. The van der Waals surface area contributed by atoms with E-state index in [-0.39, 0.29) is 0 Å². The molecule has 2 saturated heterocycles. The van der Waals surface area contributed by atoms with Gasteiger partial charge in [-0.05, 0) is 82.0 Å². The van der Waals surface area contributed by atoms with Crippen LogP contribution in [0.3, 0.4) is 0 Å². The Balaban J connectivity index is 1.68. The molecule has 0 N–H and O–H groups in total. The van der Waals surface area contributed by atoms with E-state index in [2.05, 4.69) is 30.6 Å². The molecular weight excluding hydrogens is 244 g/mol. The van der Waals surface area contributed by atoms with E-state index in [1.165, 1.54) is 77.7 Å². The highest BCUT2D eigenvalue weighted by molar-refractivity contribution is 4.97. The second kappa shape index (κ2) is 5.61. The van der Waals surface area contributed by atoms with Crippen LogP contribution in [-0.4, -0.2) is 48.6 Å². The van der Waals surface area contributed by atoms with Gasteiger partial charge >= 0.3 is 0 Å². The molecule has 2 aliphatic heterocycles. The minimum absolute atomic E-state index is 0.528. The highest BCUT2D eigenvalue weighted by atomic mass is 15.2. The summed E-state index contributed by atoms with van der Waals surface area (Å²) in [6, 6.07) is 0.855. The average molecular weight is 278 g/mol. The lowest BCUT2D eigenvalue weighted by atomic mass is 9.62. The summed E-state index contributed by atoms with van der Waals surface area (Å²) in [7, 11) is 0. The van der Waals surface area contributed by atoms with Crippen LogP contribution in [0.5, 0.6) is 0 Å². The van der Waals surface area contributed by atoms with Crippen molar-refractivity contribution in [1.82, 2.24) is 9.80 Å². The molecule has 116 valence electrons. The zero-order valence-corrected chi connectivity index (χ0v) is 14.0. The maximum absolute atomic E-state index is 2.81. The second-order valence-electron chi connectivity index (χ2n) is 8.94. The van der Waals surface area contributed by atoms with E-state index in [4.69, 9.17) is 0 Å². The molecule has 0 bridgehead atoms. The van der Waals surface area contributed by atoms with Gasteiger partial charge in [-0.1, -0.05) is 20.8 Å². The Bertz CT molecular complexity index is 326. The van der Waals surface area contributed by atoms with Gasteiger partial charge in [0.05, 0.1) is 0 Å². The first kappa shape index (κ1) is 14.8. The summed E-state index contributed by atoms with van der Waals surface area (Å²) in [5, 5.41) is 0. The summed E-state index contributed by atoms with van der Waals surface area (Å²) < 4.78 is 0. The van der Waals surface area contributed by atoms with Crippen molar-refractivity contribution >= 4 is 0 Å². The first-order valence-electron chi connectivity index (χ1n) is 8.92. The van der Waals surface area contributed by atoms with Crippen molar-refractivity contribution in [3.05, 3.63) is 0 Å². The van der Waals surface area contributed by atoms with E-state index in [0.717, 1.165) is 6.04 Å². The molecule has 1 aliphatic carbocycles. The molecule has 0 spiro atoms. The number of nitrogens with zero attached hydrogens (tertiary/aromatic N) is 2. The maximum atomic E-state index is 2.81. The van der Waals surface area contributed by atoms with Crippen LogP contribution in [0.15, 0.2) is 0 Å². The molecule has 2 atom stereocenters. The van der Waals surface area contributed by atoms with Crippen molar-refractivity contribution in [2.45, 2.75) is 71.8 Å². The largest absolute Gasteiger partial charge is 0.303 e. The van der Waals surface area contributed by atoms with Gasteiger partial charge < -0.3 is 9.80 Å². The lowest BCUT2D eigenvalue weighted by Gasteiger charge is -2.50. The minimum Gasteiger partial charge on any atom is -0.303 e. The first-order valence-corrected chi connectivity index (χ1v) is 8.92. The summed E-state index contributed by atoms with van der Waals surface area (Å²) in [5.74, 6) is 0. The van der Waals surface area contributed by atoms with Gasteiger partial charge in [-0.15, -0.1) is 0 Å². The van der Waals surface area contributed by atoms with Crippen LogP contribution in [0.1, 0.15) is 65.7 Å². The van der Waals surface area contributed by atoms with E-state index in [1.54, 1.807) is 0 Å². The average Bonchev–Trinajstić information content (AvgIpc) is 2.96. The molecule has 2 unspecified atom stereocenters. The first-order chi connectivity index (χ1) is 9.46. The Morgan fingerprint density at radius 3 is 2.10 bits per heavy atom. The molecule has 3 fully saturated rings. The van der Waals surface area contributed by atoms with Crippen molar-refractivity contribution in [2.24, 2.45) is 10.8 Å². The predicted molar refractivity (Wildman–Crippen MR) is 86.0 cm³/mol. The Hall–Kier alpha value is -0.0800. The third kappa shape index (κ3) is 3.39. The number of hydrogen-bond acceptors (Lipinski definition) is 2. The van der Waals surface area contributed by atoms with Crippen LogP contribution >= 0.6 is 0 Å². The highest BCUT2D eigenvalue weighted by Crippen LogP contribution is 2.48. The zero-order chi connectivity index (χ0) is 14.2. The van der Waals surface area contributed by atoms with Crippen LogP contribution in [0.25, 0.3) is 0 Å². The summed E-state index contributed by atoms with van der Waals surface area (Å²) in [6.45, 7) is 14.4. The summed E-state index contributed by atoms with van der Waals surface area (Å²) in [6.07, 6.45) is 9.99. The maximum Gasteiger partial charge on any atom is 0.0106 e. The van der Waals surface area contributed by atoms with E-state index in [0.29, 0.717) is 10.8 Å². The van der Waals surface area contributed by atoms with Crippen molar-refractivity contribution in [2.75, 3.05) is 32.7 Å². The fourth-order valence-corrected chi connectivity index (χ4v) is 5.54.